The lowest BCUT2D eigenvalue weighted by atomic mass is 10.1. The number of aryl methyl sites for hydroxylation is 1. The number of aromatic nitrogens is 3. The number of nitrogens with zero attached hydrogens (tertiary/aromatic N) is 4. The second-order valence-corrected chi connectivity index (χ2v) is 5.57. The molecule has 0 fully saturated rings. The Hall–Kier alpha value is -3.45. The quantitative estimate of drug-likeness (QED) is 0.555. The van der Waals surface area contributed by atoms with Crippen LogP contribution in [-0.4, -0.2) is 14.8 Å². The van der Waals surface area contributed by atoms with Gasteiger partial charge >= 0.3 is 0 Å². The van der Waals surface area contributed by atoms with Gasteiger partial charge in [-0.2, -0.15) is 10.4 Å². The lowest BCUT2D eigenvalue weighted by molar-refractivity contribution is 0.878. The molecule has 2 heterocycles. The van der Waals surface area contributed by atoms with E-state index in [0.29, 0.717) is 11.3 Å². The molecule has 0 saturated heterocycles. The van der Waals surface area contributed by atoms with E-state index in [0.717, 1.165) is 28.0 Å². The van der Waals surface area contributed by atoms with E-state index in [1.54, 1.807) is 0 Å². The Morgan fingerprint density at radius 1 is 0.958 bits per heavy atom. The summed E-state index contributed by atoms with van der Waals surface area (Å²) in [6.45, 7) is 1.94. The van der Waals surface area contributed by atoms with Crippen molar-refractivity contribution in [3.05, 3.63) is 78.0 Å². The molecule has 0 saturated carbocycles. The number of hydrogen-bond donors (Lipinski definition) is 0. The SMILES string of the molecule is Cc1nn(-c2ccccc2)c2nc(-c3ccccc3)c(C#N)cc12. The molecule has 4 nitrogen and oxygen atoms in total. The third-order valence-electron chi connectivity index (χ3n) is 4.01. The zero-order valence-electron chi connectivity index (χ0n) is 13.1. The molecule has 0 aliphatic rings. The van der Waals surface area contributed by atoms with Crippen LogP contribution in [-0.2, 0) is 0 Å². The molecule has 0 aliphatic carbocycles. The summed E-state index contributed by atoms with van der Waals surface area (Å²) >= 11 is 0. The first kappa shape index (κ1) is 14.2. The standard InChI is InChI=1S/C20H14N4/c1-14-18-12-16(13-21)19(15-8-4-2-5-9-15)22-20(18)24(23-14)17-10-6-3-7-11-17/h2-12H,1H3. The Labute approximate surface area is 139 Å². The molecule has 0 N–H and O–H groups in total. The Morgan fingerprint density at radius 3 is 2.29 bits per heavy atom. The summed E-state index contributed by atoms with van der Waals surface area (Å²) in [5, 5.41) is 15.0. The molecule has 0 radical (unpaired) electrons. The first-order valence-corrected chi connectivity index (χ1v) is 7.69. The van der Waals surface area contributed by atoms with Crippen LogP contribution in [0, 0.1) is 18.3 Å². The van der Waals surface area contributed by atoms with Gasteiger partial charge in [0.2, 0.25) is 0 Å². The Morgan fingerprint density at radius 2 is 1.62 bits per heavy atom. The molecule has 0 spiro atoms. The molecule has 0 amide bonds. The van der Waals surface area contributed by atoms with Crippen molar-refractivity contribution in [2.24, 2.45) is 0 Å². The maximum absolute atomic E-state index is 9.54. The van der Waals surface area contributed by atoms with Gasteiger partial charge in [-0.05, 0) is 25.1 Å². The van der Waals surface area contributed by atoms with Crippen molar-refractivity contribution < 1.29 is 0 Å². The molecule has 0 aliphatic heterocycles. The van der Waals surface area contributed by atoms with Crippen LogP contribution in [0.2, 0.25) is 0 Å². The molecule has 4 rings (SSSR count). The van der Waals surface area contributed by atoms with Gasteiger partial charge in [0.15, 0.2) is 5.65 Å². The van der Waals surface area contributed by atoms with Crippen LogP contribution in [0.3, 0.4) is 0 Å². The van der Waals surface area contributed by atoms with Crippen molar-refractivity contribution >= 4 is 11.0 Å². The molecular formula is C20H14N4. The molecule has 0 unspecified atom stereocenters. The fraction of sp³-hybridized carbons (Fsp3) is 0.0500. The average Bonchev–Trinajstić information content (AvgIpc) is 2.98. The number of benzene rings is 2. The van der Waals surface area contributed by atoms with Gasteiger partial charge in [0, 0.05) is 10.9 Å². The fourth-order valence-corrected chi connectivity index (χ4v) is 2.83. The fourth-order valence-electron chi connectivity index (χ4n) is 2.83. The minimum absolute atomic E-state index is 0.560. The molecule has 0 atom stereocenters. The van der Waals surface area contributed by atoms with E-state index < -0.39 is 0 Å². The second kappa shape index (κ2) is 5.64. The van der Waals surface area contributed by atoms with Crippen LogP contribution in [0.4, 0.5) is 0 Å². The minimum atomic E-state index is 0.560. The van der Waals surface area contributed by atoms with E-state index in [-0.39, 0.29) is 0 Å². The lowest BCUT2D eigenvalue weighted by Gasteiger charge is -2.06. The highest BCUT2D eigenvalue weighted by molar-refractivity contribution is 5.85. The molecule has 0 bridgehead atoms. The van der Waals surface area contributed by atoms with Gasteiger partial charge in [-0.1, -0.05) is 48.5 Å². The highest BCUT2D eigenvalue weighted by Crippen LogP contribution is 2.28. The van der Waals surface area contributed by atoms with Crippen LogP contribution in [0.15, 0.2) is 66.7 Å². The smallest absolute Gasteiger partial charge is 0.163 e. The number of nitriles is 1. The van der Waals surface area contributed by atoms with Crippen LogP contribution >= 0.6 is 0 Å². The van der Waals surface area contributed by atoms with Crippen LogP contribution in [0.1, 0.15) is 11.3 Å². The predicted molar refractivity (Wildman–Crippen MR) is 93.8 cm³/mol. The van der Waals surface area contributed by atoms with Crippen LogP contribution < -0.4 is 0 Å². The van der Waals surface area contributed by atoms with Gasteiger partial charge in [-0.15, -0.1) is 0 Å². The molecule has 114 valence electrons. The first-order valence-electron chi connectivity index (χ1n) is 7.69. The summed E-state index contributed by atoms with van der Waals surface area (Å²) < 4.78 is 1.83. The summed E-state index contributed by atoms with van der Waals surface area (Å²) in [5.74, 6) is 0. The van der Waals surface area contributed by atoms with Gasteiger partial charge in [-0.25, -0.2) is 9.67 Å². The number of hydrogen-bond acceptors (Lipinski definition) is 3. The first-order chi connectivity index (χ1) is 11.8. The highest BCUT2D eigenvalue weighted by atomic mass is 15.3. The summed E-state index contributed by atoms with van der Waals surface area (Å²) in [5.41, 5.74) is 4.74. The van der Waals surface area contributed by atoms with Crippen molar-refractivity contribution in [2.45, 2.75) is 6.92 Å². The zero-order chi connectivity index (χ0) is 16.5. The highest BCUT2D eigenvalue weighted by Gasteiger charge is 2.15. The van der Waals surface area contributed by atoms with Gasteiger partial charge in [0.1, 0.15) is 6.07 Å². The van der Waals surface area contributed by atoms with Gasteiger partial charge in [-0.3, -0.25) is 0 Å². The van der Waals surface area contributed by atoms with E-state index in [2.05, 4.69) is 11.2 Å². The van der Waals surface area contributed by atoms with Crippen molar-refractivity contribution in [1.29, 1.82) is 5.26 Å². The minimum Gasteiger partial charge on any atom is -0.227 e. The van der Waals surface area contributed by atoms with E-state index in [1.807, 2.05) is 78.3 Å². The molecule has 2 aromatic carbocycles. The third-order valence-corrected chi connectivity index (χ3v) is 4.01. The number of pyridine rings is 1. The zero-order valence-corrected chi connectivity index (χ0v) is 13.1. The number of para-hydroxylation sites is 1. The Bertz CT molecular complexity index is 1060. The Kier molecular flexibility index (Phi) is 3.33. The topological polar surface area (TPSA) is 54.5 Å². The largest absolute Gasteiger partial charge is 0.227 e. The molecular weight excluding hydrogens is 296 g/mol. The lowest BCUT2D eigenvalue weighted by Crippen LogP contribution is -1.99. The predicted octanol–water partition coefficient (Wildman–Crippen LogP) is 4.27. The van der Waals surface area contributed by atoms with E-state index in [1.165, 1.54) is 0 Å². The maximum atomic E-state index is 9.54. The summed E-state index contributed by atoms with van der Waals surface area (Å²) in [4.78, 5) is 4.79. The van der Waals surface area contributed by atoms with Gasteiger partial charge in [0.05, 0.1) is 22.6 Å². The molecule has 4 heteroatoms. The van der Waals surface area contributed by atoms with Crippen molar-refractivity contribution in [3.63, 3.8) is 0 Å². The molecule has 24 heavy (non-hydrogen) atoms. The monoisotopic (exact) mass is 310 g/mol. The van der Waals surface area contributed by atoms with Gasteiger partial charge in [0.25, 0.3) is 0 Å². The molecule has 2 aromatic heterocycles. The summed E-state index contributed by atoms with van der Waals surface area (Å²) in [7, 11) is 0. The van der Waals surface area contributed by atoms with Gasteiger partial charge < -0.3 is 0 Å². The van der Waals surface area contributed by atoms with E-state index in [9.17, 15) is 5.26 Å². The van der Waals surface area contributed by atoms with Crippen molar-refractivity contribution in [3.8, 4) is 23.0 Å². The van der Waals surface area contributed by atoms with Crippen molar-refractivity contribution in [1.82, 2.24) is 14.8 Å². The summed E-state index contributed by atoms with van der Waals surface area (Å²) in [6, 6.07) is 23.8. The van der Waals surface area contributed by atoms with E-state index >= 15 is 0 Å². The van der Waals surface area contributed by atoms with Crippen molar-refractivity contribution in [2.75, 3.05) is 0 Å². The van der Waals surface area contributed by atoms with E-state index in [4.69, 9.17) is 4.98 Å². The number of rotatable bonds is 2. The maximum Gasteiger partial charge on any atom is 0.163 e. The number of fused-ring (bicyclic) bond motifs is 1. The average molecular weight is 310 g/mol. The summed E-state index contributed by atoms with van der Waals surface area (Å²) in [6.07, 6.45) is 0. The second-order valence-electron chi connectivity index (χ2n) is 5.57. The third kappa shape index (κ3) is 2.24. The normalized spacial score (nSPS) is 10.7. The van der Waals surface area contributed by atoms with Crippen LogP contribution in [0.25, 0.3) is 28.0 Å². The molecule has 4 aromatic rings. The van der Waals surface area contributed by atoms with Crippen LogP contribution in [0.5, 0.6) is 0 Å². The Balaban J connectivity index is 2.04.